The average molecular weight is 626 g/mol. The molecule has 46 heavy (non-hydrogen) atoms. The SMILES string of the molecule is C=CC(=N)OCCCCCCOc1ccc(OC(=O)C2CCC(COc3ccc(-c4ccc(CCC)cc4)c(C=O)c3)CC2)cc1. The number of hydrogen-bond donors (Lipinski definition) is 1. The van der Waals surface area contributed by atoms with Crippen LogP contribution in [-0.2, 0) is 16.0 Å². The predicted octanol–water partition coefficient (Wildman–Crippen LogP) is 9.03. The van der Waals surface area contributed by atoms with Crippen molar-refractivity contribution >= 4 is 18.2 Å². The molecule has 0 bridgehead atoms. The molecule has 1 aliphatic carbocycles. The summed E-state index contributed by atoms with van der Waals surface area (Å²) in [5.41, 5.74) is 3.85. The van der Waals surface area contributed by atoms with Gasteiger partial charge in [-0.1, -0.05) is 44.2 Å². The van der Waals surface area contributed by atoms with Crippen molar-refractivity contribution in [2.45, 2.75) is 71.1 Å². The molecule has 244 valence electrons. The molecule has 1 fully saturated rings. The van der Waals surface area contributed by atoms with Crippen LogP contribution in [0.1, 0.15) is 80.6 Å². The Kier molecular flexibility index (Phi) is 13.9. The summed E-state index contributed by atoms with van der Waals surface area (Å²) in [5.74, 6) is 2.13. The van der Waals surface area contributed by atoms with E-state index in [9.17, 15) is 9.59 Å². The zero-order valence-electron chi connectivity index (χ0n) is 27.0. The maximum absolute atomic E-state index is 12.8. The zero-order valence-corrected chi connectivity index (χ0v) is 27.0. The molecular formula is C39H47NO6. The van der Waals surface area contributed by atoms with E-state index in [0.29, 0.717) is 42.8 Å². The van der Waals surface area contributed by atoms with Gasteiger partial charge >= 0.3 is 5.97 Å². The third kappa shape index (κ3) is 10.9. The first-order chi connectivity index (χ1) is 22.5. The molecule has 1 N–H and O–H groups in total. The Balaban J connectivity index is 1.13. The van der Waals surface area contributed by atoms with Crippen LogP contribution in [0.2, 0.25) is 0 Å². The molecule has 3 aromatic rings. The summed E-state index contributed by atoms with van der Waals surface area (Å²) in [4.78, 5) is 24.7. The number of aryl methyl sites for hydroxylation is 1. The van der Waals surface area contributed by atoms with Gasteiger partial charge in [-0.25, -0.2) is 0 Å². The van der Waals surface area contributed by atoms with Crippen LogP contribution in [0.3, 0.4) is 0 Å². The number of rotatable bonds is 18. The van der Waals surface area contributed by atoms with E-state index in [4.69, 9.17) is 24.4 Å². The summed E-state index contributed by atoms with van der Waals surface area (Å²) >= 11 is 0. The van der Waals surface area contributed by atoms with Gasteiger partial charge in [-0.05, 0) is 129 Å². The van der Waals surface area contributed by atoms with Crippen LogP contribution in [-0.4, -0.2) is 38.0 Å². The maximum atomic E-state index is 12.8. The molecule has 0 amide bonds. The van der Waals surface area contributed by atoms with Crippen LogP contribution in [0, 0.1) is 17.2 Å². The molecule has 0 saturated heterocycles. The first-order valence-electron chi connectivity index (χ1n) is 16.6. The van der Waals surface area contributed by atoms with Crippen molar-refractivity contribution in [3.05, 3.63) is 90.5 Å². The highest BCUT2D eigenvalue weighted by Gasteiger charge is 2.28. The highest BCUT2D eigenvalue weighted by Crippen LogP contribution is 2.32. The van der Waals surface area contributed by atoms with E-state index in [0.717, 1.165) is 87.4 Å². The normalized spacial score (nSPS) is 15.8. The van der Waals surface area contributed by atoms with Gasteiger partial charge in [0.05, 0.1) is 25.7 Å². The summed E-state index contributed by atoms with van der Waals surface area (Å²) in [6.45, 7) is 7.38. The van der Waals surface area contributed by atoms with Gasteiger partial charge in [-0.2, -0.15) is 0 Å². The molecule has 0 spiro atoms. The van der Waals surface area contributed by atoms with E-state index in [2.05, 4.69) is 37.8 Å². The summed E-state index contributed by atoms with van der Waals surface area (Å²) in [5, 5.41) is 7.37. The van der Waals surface area contributed by atoms with Gasteiger partial charge in [0.2, 0.25) is 5.90 Å². The fourth-order valence-electron chi connectivity index (χ4n) is 5.70. The van der Waals surface area contributed by atoms with Crippen LogP contribution in [0.15, 0.2) is 79.4 Å². The molecule has 1 aliphatic rings. The highest BCUT2D eigenvalue weighted by atomic mass is 16.5. The molecule has 0 atom stereocenters. The predicted molar refractivity (Wildman–Crippen MR) is 182 cm³/mol. The molecule has 7 nitrogen and oxygen atoms in total. The summed E-state index contributed by atoms with van der Waals surface area (Å²) in [6.07, 6.45) is 11.6. The number of carbonyl (C=O) groups is 2. The van der Waals surface area contributed by atoms with Crippen molar-refractivity contribution in [2.24, 2.45) is 11.8 Å². The fraction of sp³-hybridized carbons (Fsp3) is 0.410. The lowest BCUT2D eigenvalue weighted by Gasteiger charge is -2.27. The number of ether oxygens (including phenoxy) is 4. The number of carbonyl (C=O) groups excluding carboxylic acids is 2. The van der Waals surface area contributed by atoms with Gasteiger partial charge in [-0.3, -0.25) is 15.0 Å². The molecule has 4 rings (SSSR count). The Morgan fingerprint density at radius 3 is 2.20 bits per heavy atom. The highest BCUT2D eigenvalue weighted by molar-refractivity contribution is 5.88. The van der Waals surface area contributed by atoms with E-state index in [-0.39, 0.29) is 17.8 Å². The molecule has 0 aromatic heterocycles. The maximum Gasteiger partial charge on any atom is 0.314 e. The summed E-state index contributed by atoms with van der Waals surface area (Å²) < 4.78 is 22.8. The third-order valence-corrected chi connectivity index (χ3v) is 8.41. The van der Waals surface area contributed by atoms with E-state index in [1.165, 1.54) is 11.6 Å². The van der Waals surface area contributed by atoms with Crippen molar-refractivity contribution in [1.29, 1.82) is 5.41 Å². The fourth-order valence-corrected chi connectivity index (χ4v) is 5.70. The van der Waals surface area contributed by atoms with Gasteiger partial charge in [-0.15, -0.1) is 0 Å². The third-order valence-electron chi connectivity index (χ3n) is 8.41. The average Bonchev–Trinajstić information content (AvgIpc) is 3.09. The standard InChI is InChI=1S/C39H47NO6/c1-3-9-29-10-14-31(15-11-29)37-23-22-36(26-33(37)27-41)45-28-30-12-16-32(17-13-30)39(42)46-35-20-18-34(19-21-35)43-24-7-5-6-8-25-44-38(40)4-2/h4,10-11,14-15,18-23,26-27,30,32,40H,2-3,5-9,12-13,16-17,24-25,28H2,1H3. The van der Waals surface area contributed by atoms with Crippen molar-refractivity contribution in [2.75, 3.05) is 19.8 Å². The topological polar surface area (TPSA) is 94.9 Å². The Morgan fingerprint density at radius 1 is 0.848 bits per heavy atom. The summed E-state index contributed by atoms with van der Waals surface area (Å²) in [6, 6.07) is 21.3. The molecule has 0 aliphatic heterocycles. The molecule has 3 aromatic carbocycles. The van der Waals surface area contributed by atoms with E-state index in [1.54, 1.807) is 12.1 Å². The Morgan fingerprint density at radius 2 is 1.52 bits per heavy atom. The van der Waals surface area contributed by atoms with Gasteiger partial charge in [0.15, 0.2) is 6.29 Å². The number of aldehydes is 1. The van der Waals surface area contributed by atoms with Crippen molar-refractivity contribution in [3.63, 3.8) is 0 Å². The minimum Gasteiger partial charge on any atom is -0.494 e. The second kappa shape index (κ2) is 18.5. The number of benzene rings is 3. The van der Waals surface area contributed by atoms with Crippen molar-refractivity contribution in [3.8, 4) is 28.4 Å². The lowest BCUT2D eigenvalue weighted by molar-refractivity contribution is -0.140. The number of unbranched alkanes of at least 4 members (excludes halogenated alkanes) is 3. The molecule has 1 saturated carbocycles. The van der Waals surface area contributed by atoms with Crippen LogP contribution < -0.4 is 14.2 Å². The minimum atomic E-state index is -0.186. The van der Waals surface area contributed by atoms with Gasteiger partial charge in [0.1, 0.15) is 17.2 Å². The van der Waals surface area contributed by atoms with Gasteiger partial charge < -0.3 is 18.9 Å². The Labute approximate surface area is 273 Å². The number of nitrogens with one attached hydrogen (secondary N) is 1. The van der Waals surface area contributed by atoms with Gasteiger partial charge in [0, 0.05) is 5.56 Å². The second-order valence-corrected chi connectivity index (χ2v) is 11.9. The van der Waals surface area contributed by atoms with Crippen LogP contribution in [0.5, 0.6) is 17.2 Å². The monoisotopic (exact) mass is 625 g/mol. The van der Waals surface area contributed by atoms with E-state index < -0.39 is 0 Å². The van der Waals surface area contributed by atoms with Crippen molar-refractivity contribution < 1.29 is 28.5 Å². The quantitative estimate of drug-likeness (QED) is 0.0379. The second-order valence-electron chi connectivity index (χ2n) is 11.9. The van der Waals surface area contributed by atoms with Gasteiger partial charge in [0.25, 0.3) is 0 Å². The largest absolute Gasteiger partial charge is 0.494 e. The lowest BCUT2D eigenvalue weighted by atomic mass is 9.82. The number of hydrogen-bond acceptors (Lipinski definition) is 7. The van der Waals surface area contributed by atoms with Crippen molar-refractivity contribution in [1.82, 2.24) is 0 Å². The molecule has 0 radical (unpaired) electrons. The molecule has 0 unspecified atom stereocenters. The van der Waals surface area contributed by atoms with E-state index in [1.807, 2.05) is 30.3 Å². The Hall–Kier alpha value is -4.39. The zero-order chi connectivity index (χ0) is 32.6. The smallest absolute Gasteiger partial charge is 0.314 e. The first kappa shape index (κ1) is 34.5. The molecular weight excluding hydrogens is 578 g/mol. The van der Waals surface area contributed by atoms with Crippen LogP contribution in [0.4, 0.5) is 0 Å². The molecule has 7 heteroatoms. The van der Waals surface area contributed by atoms with Crippen LogP contribution in [0.25, 0.3) is 11.1 Å². The number of esters is 1. The summed E-state index contributed by atoms with van der Waals surface area (Å²) in [7, 11) is 0. The first-order valence-corrected chi connectivity index (χ1v) is 16.6. The Bertz CT molecular complexity index is 1410. The molecule has 0 heterocycles. The minimum absolute atomic E-state index is 0.115. The van der Waals surface area contributed by atoms with Crippen LogP contribution >= 0.6 is 0 Å². The lowest BCUT2D eigenvalue weighted by Crippen LogP contribution is -2.27. The van der Waals surface area contributed by atoms with E-state index >= 15 is 0 Å².